The highest BCUT2D eigenvalue weighted by atomic mass is 19.1. The number of rotatable bonds is 5. The van der Waals surface area contributed by atoms with Gasteiger partial charge in [-0.15, -0.1) is 0 Å². The molecule has 2 aromatic rings. The molecule has 0 spiro atoms. The minimum atomic E-state index is -0.179. The predicted octanol–water partition coefficient (Wildman–Crippen LogP) is 3.36. The van der Waals surface area contributed by atoms with Gasteiger partial charge in [0.25, 0.3) is 0 Å². The number of aromatic nitrogens is 2. The minimum Gasteiger partial charge on any atom is -0.356 e. The average Bonchev–Trinajstić information content (AvgIpc) is 3.35. The lowest BCUT2D eigenvalue weighted by atomic mass is 9.94. The van der Waals surface area contributed by atoms with Gasteiger partial charge in [0.05, 0.1) is 5.69 Å². The molecule has 0 saturated heterocycles. The van der Waals surface area contributed by atoms with E-state index in [-0.39, 0.29) is 11.2 Å². The first-order chi connectivity index (χ1) is 13.5. The van der Waals surface area contributed by atoms with E-state index >= 15 is 0 Å². The minimum absolute atomic E-state index is 0.112. The van der Waals surface area contributed by atoms with Crippen molar-refractivity contribution in [2.24, 2.45) is 4.99 Å². The summed E-state index contributed by atoms with van der Waals surface area (Å²) in [6.07, 6.45) is 7.52. The molecule has 2 N–H and O–H groups in total. The molecule has 0 aliphatic heterocycles. The van der Waals surface area contributed by atoms with Gasteiger partial charge in [0.2, 0.25) is 0 Å². The van der Waals surface area contributed by atoms with Crippen molar-refractivity contribution in [3.63, 3.8) is 0 Å². The van der Waals surface area contributed by atoms with Crippen molar-refractivity contribution in [3.05, 3.63) is 53.1 Å². The van der Waals surface area contributed by atoms with Gasteiger partial charge < -0.3 is 10.6 Å². The molecule has 2 aliphatic rings. The van der Waals surface area contributed by atoms with Gasteiger partial charge in [-0.05, 0) is 62.8 Å². The molecule has 1 aromatic heterocycles. The number of aryl methyl sites for hydroxylation is 1. The largest absolute Gasteiger partial charge is 0.356 e. The normalized spacial score (nSPS) is 20.8. The lowest BCUT2D eigenvalue weighted by molar-refractivity contribution is 0.497. The summed E-state index contributed by atoms with van der Waals surface area (Å²) in [5.41, 5.74) is 3.90. The number of hydrogen-bond donors (Lipinski definition) is 2. The zero-order chi connectivity index (χ0) is 19.7. The molecule has 1 atom stereocenters. The van der Waals surface area contributed by atoms with E-state index in [1.165, 1.54) is 16.8 Å². The van der Waals surface area contributed by atoms with Crippen LogP contribution in [0, 0.1) is 5.82 Å². The highest BCUT2D eigenvalue weighted by Gasteiger charge is 2.44. The maximum Gasteiger partial charge on any atom is 0.191 e. The third kappa shape index (κ3) is 3.91. The summed E-state index contributed by atoms with van der Waals surface area (Å²) in [7, 11) is 1.81. The van der Waals surface area contributed by atoms with Crippen molar-refractivity contribution in [2.45, 2.75) is 63.5 Å². The van der Waals surface area contributed by atoms with E-state index in [1.807, 2.05) is 19.2 Å². The Hall–Kier alpha value is -2.37. The van der Waals surface area contributed by atoms with Crippen LogP contribution in [0.15, 0.2) is 35.5 Å². The van der Waals surface area contributed by atoms with Crippen molar-refractivity contribution in [2.75, 3.05) is 13.6 Å². The molecule has 1 unspecified atom stereocenters. The van der Waals surface area contributed by atoms with Gasteiger partial charge in [0, 0.05) is 43.7 Å². The van der Waals surface area contributed by atoms with Crippen LogP contribution in [0.25, 0.3) is 0 Å². The Morgan fingerprint density at radius 3 is 2.71 bits per heavy atom. The Bertz CT molecular complexity index is 848. The van der Waals surface area contributed by atoms with Crippen molar-refractivity contribution >= 4 is 5.96 Å². The summed E-state index contributed by atoms with van der Waals surface area (Å²) in [5, 5.41) is 11.8. The number of halogens is 1. The van der Waals surface area contributed by atoms with Crippen LogP contribution in [0.4, 0.5) is 4.39 Å². The van der Waals surface area contributed by atoms with E-state index < -0.39 is 0 Å². The second-order valence-electron chi connectivity index (χ2n) is 8.47. The maximum absolute atomic E-state index is 13.2. The molecular weight excluding hydrogens is 353 g/mol. The van der Waals surface area contributed by atoms with Crippen LogP contribution in [-0.2, 0) is 18.3 Å². The quantitative estimate of drug-likeness (QED) is 0.615. The van der Waals surface area contributed by atoms with Gasteiger partial charge in [-0.2, -0.15) is 5.10 Å². The van der Waals surface area contributed by atoms with Crippen LogP contribution in [0.1, 0.15) is 56.0 Å². The molecule has 1 aromatic carbocycles. The lowest BCUT2D eigenvalue weighted by Gasteiger charge is -2.26. The Balaban J connectivity index is 1.35. The smallest absolute Gasteiger partial charge is 0.191 e. The predicted molar refractivity (Wildman–Crippen MR) is 110 cm³/mol. The molecule has 1 heterocycles. The van der Waals surface area contributed by atoms with Crippen molar-refractivity contribution in [1.29, 1.82) is 0 Å². The molecule has 0 amide bonds. The van der Waals surface area contributed by atoms with Gasteiger partial charge in [0.15, 0.2) is 5.96 Å². The highest BCUT2D eigenvalue weighted by molar-refractivity contribution is 5.80. The Labute approximate surface area is 166 Å². The molecule has 0 radical (unpaired) electrons. The number of hydrogen-bond acceptors (Lipinski definition) is 2. The Morgan fingerprint density at radius 2 is 2.07 bits per heavy atom. The van der Waals surface area contributed by atoms with Gasteiger partial charge in [-0.1, -0.05) is 12.1 Å². The SMILES string of the molecule is CN=C(NCC1(c2ccc(F)cc2)CC1)NC1CCc2cn(C(C)C)nc2C1. The van der Waals surface area contributed by atoms with Crippen LogP contribution < -0.4 is 10.6 Å². The second-order valence-corrected chi connectivity index (χ2v) is 8.47. The van der Waals surface area contributed by atoms with E-state index in [2.05, 4.69) is 40.4 Å². The third-order valence-corrected chi connectivity index (χ3v) is 6.09. The first kappa shape index (κ1) is 19.0. The number of aliphatic imine (C=N–C) groups is 1. The molecule has 150 valence electrons. The fourth-order valence-electron chi connectivity index (χ4n) is 4.06. The zero-order valence-electron chi connectivity index (χ0n) is 17.0. The van der Waals surface area contributed by atoms with Crippen LogP contribution >= 0.6 is 0 Å². The lowest BCUT2D eigenvalue weighted by Crippen LogP contribution is -2.47. The highest BCUT2D eigenvalue weighted by Crippen LogP contribution is 2.47. The Morgan fingerprint density at radius 1 is 1.32 bits per heavy atom. The number of nitrogens with zero attached hydrogens (tertiary/aromatic N) is 3. The van der Waals surface area contributed by atoms with E-state index in [9.17, 15) is 4.39 Å². The first-order valence-electron chi connectivity index (χ1n) is 10.3. The van der Waals surface area contributed by atoms with Gasteiger partial charge in [-0.25, -0.2) is 4.39 Å². The molecular formula is C22H30FN5. The van der Waals surface area contributed by atoms with Crippen LogP contribution in [0.5, 0.6) is 0 Å². The fraction of sp³-hybridized carbons (Fsp3) is 0.545. The number of guanidine groups is 1. The summed E-state index contributed by atoms with van der Waals surface area (Å²) in [4.78, 5) is 4.42. The fourth-order valence-corrected chi connectivity index (χ4v) is 4.06. The zero-order valence-corrected chi connectivity index (χ0v) is 17.0. The van der Waals surface area contributed by atoms with Gasteiger partial charge in [0.1, 0.15) is 5.82 Å². The summed E-state index contributed by atoms with van der Waals surface area (Å²) in [6.45, 7) is 5.14. The molecule has 2 aliphatic carbocycles. The molecule has 28 heavy (non-hydrogen) atoms. The summed E-state index contributed by atoms with van der Waals surface area (Å²) < 4.78 is 15.3. The van der Waals surface area contributed by atoms with Crippen molar-refractivity contribution in [1.82, 2.24) is 20.4 Å². The van der Waals surface area contributed by atoms with Crippen LogP contribution in [0.2, 0.25) is 0 Å². The number of fused-ring (bicyclic) bond motifs is 1. The summed E-state index contributed by atoms with van der Waals surface area (Å²) >= 11 is 0. The van der Waals surface area contributed by atoms with Gasteiger partial charge >= 0.3 is 0 Å². The standard InChI is InChI=1S/C22H30FN5/c1-15(2)28-13-16-4-9-19(12-20(16)27-28)26-21(24-3)25-14-22(10-11-22)17-5-7-18(23)8-6-17/h5-8,13,15,19H,4,9-12,14H2,1-3H3,(H2,24,25,26). The third-order valence-electron chi connectivity index (χ3n) is 6.09. The Kier molecular flexibility index (Phi) is 5.13. The summed E-state index contributed by atoms with van der Waals surface area (Å²) in [5.74, 6) is 0.659. The molecule has 1 saturated carbocycles. The number of benzene rings is 1. The maximum atomic E-state index is 13.2. The van der Waals surface area contributed by atoms with Crippen molar-refractivity contribution in [3.8, 4) is 0 Å². The monoisotopic (exact) mass is 383 g/mol. The van der Waals surface area contributed by atoms with Crippen molar-refractivity contribution < 1.29 is 4.39 Å². The molecule has 0 bridgehead atoms. The number of nitrogens with one attached hydrogen (secondary N) is 2. The molecule has 1 fully saturated rings. The van der Waals surface area contributed by atoms with E-state index in [1.54, 1.807) is 12.1 Å². The van der Waals surface area contributed by atoms with Crippen LogP contribution in [-0.4, -0.2) is 35.4 Å². The van der Waals surface area contributed by atoms with Gasteiger partial charge in [-0.3, -0.25) is 9.67 Å². The molecule has 5 nitrogen and oxygen atoms in total. The molecule has 4 rings (SSSR count). The van der Waals surface area contributed by atoms with E-state index in [0.717, 1.165) is 44.6 Å². The van der Waals surface area contributed by atoms with E-state index in [0.29, 0.717) is 12.1 Å². The van der Waals surface area contributed by atoms with E-state index in [4.69, 9.17) is 5.10 Å². The second kappa shape index (κ2) is 7.57. The first-order valence-corrected chi connectivity index (χ1v) is 10.3. The average molecular weight is 384 g/mol. The van der Waals surface area contributed by atoms with Crippen LogP contribution in [0.3, 0.4) is 0 Å². The molecule has 6 heteroatoms. The summed E-state index contributed by atoms with van der Waals surface area (Å²) in [6, 6.07) is 7.67. The topological polar surface area (TPSA) is 54.2 Å².